The number of hydrogen-bond donors (Lipinski definition) is 3. The third-order valence-corrected chi connectivity index (χ3v) is 3.14. The molecular formula is C18H23N3O5. The van der Waals surface area contributed by atoms with Gasteiger partial charge in [0.15, 0.2) is 0 Å². The molecule has 0 saturated heterocycles. The van der Waals surface area contributed by atoms with E-state index in [1.165, 1.54) is 12.1 Å². The average Bonchev–Trinajstić information content (AvgIpc) is 2.63. The molecule has 0 aliphatic heterocycles. The van der Waals surface area contributed by atoms with Crippen molar-refractivity contribution >= 4 is 29.4 Å². The van der Waals surface area contributed by atoms with Crippen LogP contribution >= 0.6 is 0 Å². The van der Waals surface area contributed by atoms with E-state index in [9.17, 15) is 19.2 Å². The van der Waals surface area contributed by atoms with E-state index < -0.39 is 17.8 Å². The van der Waals surface area contributed by atoms with Crippen molar-refractivity contribution < 1.29 is 23.9 Å². The molecule has 0 heterocycles. The fourth-order valence-electron chi connectivity index (χ4n) is 1.83. The smallest absolute Gasteiger partial charge is 0.330 e. The summed E-state index contributed by atoms with van der Waals surface area (Å²) in [7, 11) is 0. The molecule has 0 unspecified atom stereocenters. The molecule has 0 bridgehead atoms. The number of esters is 1. The molecule has 140 valence electrons. The molecule has 0 radical (unpaired) electrons. The lowest BCUT2D eigenvalue weighted by Gasteiger charge is -2.07. The Morgan fingerprint density at radius 3 is 2.31 bits per heavy atom. The minimum atomic E-state index is -0.675. The minimum Gasteiger partial charge on any atom is -0.463 e. The number of anilines is 1. The predicted molar refractivity (Wildman–Crippen MR) is 96.0 cm³/mol. The first kappa shape index (κ1) is 20.9. The zero-order valence-electron chi connectivity index (χ0n) is 14.8. The van der Waals surface area contributed by atoms with Gasteiger partial charge in [-0.25, -0.2) is 4.79 Å². The van der Waals surface area contributed by atoms with E-state index in [-0.39, 0.29) is 12.5 Å². The Balaban J connectivity index is 2.46. The van der Waals surface area contributed by atoms with Gasteiger partial charge in [0.2, 0.25) is 5.91 Å². The van der Waals surface area contributed by atoms with Gasteiger partial charge in [0, 0.05) is 29.8 Å². The van der Waals surface area contributed by atoms with Crippen molar-refractivity contribution in [2.75, 3.05) is 11.9 Å². The third kappa shape index (κ3) is 8.09. The average molecular weight is 361 g/mol. The van der Waals surface area contributed by atoms with Gasteiger partial charge in [-0.3, -0.25) is 25.2 Å². The lowest BCUT2D eigenvalue weighted by atomic mass is 10.2. The molecule has 8 nitrogen and oxygen atoms in total. The summed E-state index contributed by atoms with van der Waals surface area (Å²) in [5.74, 6) is -1.94. The zero-order valence-corrected chi connectivity index (χ0v) is 14.8. The number of hydrazine groups is 1. The second-order valence-electron chi connectivity index (χ2n) is 5.26. The van der Waals surface area contributed by atoms with Crippen LogP contribution in [0.3, 0.4) is 0 Å². The molecule has 1 aromatic rings. The molecular weight excluding hydrogens is 338 g/mol. The number of rotatable bonds is 8. The summed E-state index contributed by atoms with van der Waals surface area (Å²) in [5.41, 5.74) is 5.24. The summed E-state index contributed by atoms with van der Waals surface area (Å²) in [5, 5.41) is 2.74. The molecule has 0 spiro atoms. The molecule has 1 aromatic carbocycles. The monoisotopic (exact) mass is 361 g/mol. The quantitative estimate of drug-likeness (QED) is 0.370. The third-order valence-electron chi connectivity index (χ3n) is 3.14. The van der Waals surface area contributed by atoms with Gasteiger partial charge in [-0.05, 0) is 37.6 Å². The zero-order chi connectivity index (χ0) is 19.4. The van der Waals surface area contributed by atoms with Crippen LogP contribution in [0.5, 0.6) is 0 Å². The molecule has 0 atom stereocenters. The van der Waals surface area contributed by atoms with Crippen LogP contribution in [0.25, 0.3) is 0 Å². The predicted octanol–water partition coefficient (Wildman–Crippen LogP) is 1.70. The SMILES string of the molecule is CCCCC(=O)Nc1ccc(C(=O)NNC(=O)C=CC(=O)OCC)cc1. The first-order valence-electron chi connectivity index (χ1n) is 8.31. The fourth-order valence-corrected chi connectivity index (χ4v) is 1.83. The van der Waals surface area contributed by atoms with Gasteiger partial charge in [0.05, 0.1) is 6.61 Å². The maximum absolute atomic E-state index is 11.9. The summed E-state index contributed by atoms with van der Waals surface area (Å²) in [6.45, 7) is 3.86. The lowest BCUT2D eigenvalue weighted by Crippen LogP contribution is -2.40. The number of unbranched alkanes of at least 4 members (excludes halogenated alkanes) is 1. The summed E-state index contributed by atoms with van der Waals surface area (Å²) in [6.07, 6.45) is 4.11. The van der Waals surface area contributed by atoms with Crippen LogP contribution in [0.15, 0.2) is 36.4 Å². The highest BCUT2D eigenvalue weighted by molar-refractivity contribution is 5.99. The number of hydrogen-bond acceptors (Lipinski definition) is 5. The number of nitrogens with one attached hydrogen (secondary N) is 3. The van der Waals surface area contributed by atoms with Gasteiger partial charge in [-0.15, -0.1) is 0 Å². The van der Waals surface area contributed by atoms with Gasteiger partial charge in [0.25, 0.3) is 11.8 Å². The van der Waals surface area contributed by atoms with Crippen molar-refractivity contribution in [2.24, 2.45) is 0 Å². The normalized spacial score (nSPS) is 10.2. The highest BCUT2D eigenvalue weighted by Gasteiger charge is 2.07. The maximum atomic E-state index is 11.9. The van der Waals surface area contributed by atoms with E-state index in [0.29, 0.717) is 17.7 Å². The van der Waals surface area contributed by atoms with Crippen LogP contribution in [0.4, 0.5) is 5.69 Å². The minimum absolute atomic E-state index is 0.0790. The second-order valence-corrected chi connectivity index (χ2v) is 5.26. The fraction of sp³-hybridized carbons (Fsp3) is 0.333. The van der Waals surface area contributed by atoms with Gasteiger partial charge >= 0.3 is 5.97 Å². The van der Waals surface area contributed by atoms with E-state index in [2.05, 4.69) is 20.9 Å². The van der Waals surface area contributed by atoms with Crippen LogP contribution in [-0.4, -0.2) is 30.3 Å². The lowest BCUT2D eigenvalue weighted by molar-refractivity contribution is -0.137. The molecule has 1 rings (SSSR count). The van der Waals surface area contributed by atoms with E-state index in [4.69, 9.17) is 0 Å². The Morgan fingerprint density at radius 1 is 1.00 bits per heavy atom. The summed E-state index contributed by atoms with van der Waals surface area (Å²) in [6, 6.07) is 6.24. The Morgan fingerprint density at radius 2 is 1.69 bits per heavy atom. The Hall–Kier alpha value is -3.16. The van der Waals surface area contributed by atoms with E-state index >= 15 is 0 Å². The van der Waals surface area contributed by atoms with Crippen LogP contribution in [-0.2, 0) is 19.1 Å². The van der Waals surface area contributed by atoms with Crippen molar-refractivity contribution in [3.63, 3.8) is 0 Å². The number of ether oxygens (including phenoxy) is 1. The Bertz CT molecular complexity index is 668. The van der Waals surface area contributed by atoms with Crippen molar-refractivity contribution in [3.05, 3.63) is 42.0 Å². The highest BCUT2D eigenvalue weighted by atomic mass is 16.5. The molecule has 26 heavy (non-hydrogen) atoms. The van der Waals surface area contributed by atoms with Crippen molar-refractivity contribution in [1.82, 2.24) is 10.9 Å². The van der Waals surface area contributed by atoms with Gasteiger partial charge in [-0.1, -0.05) is 13.3 Å². The van der Waals surface area contributed by atoms with E-state index in [0.717, 1.165) is 25.0 Å². The van der Waals surface area contributed by atoms with Gasteiger partial charge in [0.1, 0.15) is 0 Å². The Kier molecular flexibility index (Phi) is 9.16. The number of benzene rings is 1. The van der Waals surface area contributed by atoms with Crippen molar-refractivity contribution in [1.29, 1.82) is 0 Å². The van der Waals surface area contributed by atoms with Gasteiger partial charge in [-0.2, -0.15) is 0 Å². The van der Waals surface area contributed by atoms with Gasteiger partial charge < -0.3 is 10.1 Å². The molecule has 0 fully saturated rings. The topological polar surface area (TPSA) is 114 Å². The van der Waals surface area contributed by atoms with E-state index in [1.807, 2.05) is 6.92 Å². The molecule has 3 N–H and O–H groups in total. The van der Waals surface area contributed by atoms with Crippen LogP contribution in [0, 0.1) is 0 Å². The van der Waals surface area contributed by atoms with Crippen molar-refractivity contribution in [3.8, 4) is 0 Å². The number of carbonyl (C=O) groups excluding carboxylic acids is 4. The molecule has 0 aliphatic rings. The number of carbonyl (C=O) groups is 4. The highest BCUT2D eigenvalue weighted by Crippen LogP contribution is 2.10. The molecule has 0 saturated carbocycles. The largest absolute Gasteiger partial charge is 0.463 e. The maximum Gasteiger partial charge on any atom is 0.330 e. The van der Waals surface area contributed by atoms with Crippen LogP contribution < -0.4 is 16.2 Å². The Labute approximate surface area is 152 Å². The summed E-state index contributed by atoms with van der Waals surface area (Å²) in [4.78, 5) is 46.1. The summed E-state index contributed by atoms with van der Waals surface area (Å²) >= 11 is 0. The molecule has 3 amide bonds. The van der Waals surface area contributed by atoms with Crippen LogP contribution in [0.1, 0.15) is 43.5 Å². The summed E-state index contributed by atoms with van der Waals surface area (Å²) < 4.78 is 4.62. The molecule has 8 heteroatoms. The number of amides is 3. The first-order chi connectivity index (χ1) is 12.5. The second kappa shape index (κ2) is 11.4. The molecule has 0 aliphatic carbocycles. The standard InChI is InChI=1S/C18H23N3O5/c1-3-5-6-15(22)19-14-9-7-13(8-10-14)18(25)21-20-16(23)11-12-17(24)26-4-2/h7-12H,3-6H2,1-2H3,(H,19,22)(H,20,23)(H,21,25). The van der Waals surface area contributed by atoms with Crippen molar-refractivity contribution in [2.45, 2.75) is 33.1 Å². The molecule has 0 aromatic heterocycles. The van der Waals surface area contributed by atoms with E-state index in [1.54, 1.807) is 19.1 Å². The first-order valence-corrected chi connectivity index (χ1v) is 8.31. The van der Waals surface area contributed by atoms with Crippen LogP contribution in [0.2, 0.25) is 0 Å².